The van der Waals surface area contributed by atoms with Crippen LogP contribution in [-0.2, 0) is 0 Å². The lowest BCUT2D eigenvalue weighted by atomic mass is 10.2. The third kappa shape index (κ3) is 6.03. The number of hydrogen-bond acceptors (Lipinski definition) is 5. The molecule has 0 aromatic heterocycles. The highest BCUT2D eigenvalue weighted by atomic mass is 79.9. The van der Waals surface area contributed by atoms with Gasteiger partial charge in [-0.3, -0.25) is 4.79 Å². The number of carbonyl (C=O) groups excluding carboxylic acids is 1. The Morgan fingerprint density at radius 1 is 1.18 bits per heavy atom. The monoisotopic (exact) mass is 444 g/mol. The summed E-state index contributed by atoms with van der Waals surface area (Å²) in [6.45, 7) is 4.94. The molecule has 7 heteroatoms. The molecular formula is C21H21BrN2O4. The molecule has 0 aliphatic heterocycles. The zero-order valence-electron chi connectivity index (χ0n) is 15.7. The van der Waals surface area contributed by atoms with Crippen LogP contribution in [0, 0.1) is 12.3 Å². The van der Waals surface area contributed by atoms with E-state index in [1.165, 1.54) is 6.21 Å². The SMILES string of the molecule is C#CCOc1c(Br)cc(/C=N\NC(=O)c2ccc(OCC)cc2)cc1OCC. The summed E-state index contributed by atoms with van der Waals surface area (Å²) in [4.78, 5) is 12.2. The second-order valence-electron chi connectivity index (χ2n) is 5.41. The van der Waals surface area contributed by atoms with E-state index >= 15 is 0 Å². The Morgan fingerprint density at radius 3 is 2.54 bits per heavy atom. The number of terminal acetylenes is 1. The van der Waals surface area contributed by atoms with Crippen LogP contribution in [-0.4, -0.2) is 31.9 Å². The molecular weight excluding hydrogens is 424 g/mol. The number of amides is 1. The third-order valence-electron chi connectivity index (χ3n) is 3.44. The van der Waals surface area contributed by atoms with E-state index in [1.807, 2.05) is 13.8 Å². The van der Waals surface area contributed by atoms with Gasteiger partial charge in [-0.1, -0.05) is 5.92 Å². The molecule has 0 bridgehead atoms. The van der Waals surface area contributed by atoms with Gasteiger partial charge in [0.15, 0.2) is 11.5 Å². The smallest absolute Gasteiger partial charge is 0.271 e. The van der Waals surface area contributed by atoms with Gasteiger partial charge < -0.3 is 14.2 Å². The molecule has 0 saturated carbocycles. The number of rotatable bonds is 9. The van der Waals surface area contributed by atoms with Gasteiger partial charge >= 0.3 is 0 Å². The minimum absolute atomic E-state index is 0.129. The van der Waals surface area contributed by atoms with E-state index in [1.54, 1.807) is 36.4 Å². The van der Waals surface area contributed by atoms with Crippen molar-refractivity contribution in [2.24, 2.45) is 5.10 Å². The summed E-state index contributed by atoms with van der Waals surface area (Å²) in [7, 11) is 0. The van der Waals surface area contributed by atoms with Crippen molar-refractivity contribution in [3.63, 3.8) is 0 Å². The van der Waals surface area contributed by atoms with Crippen molar-refractivity contribution in [2.45, 2.75) is 13.8 Å². The van der Waals surface area contributed by atoms with Gasteiger partial charge in [0.2, 0.25) is 0 Å². The molecule has 0 fully saturated rings. The second kappa shape index (κ2) is 11.0. The van der Waals surface area contributed by atoms with Crippen LogP contribution < -0.4 is 19.6 Å². The number of hydrogen-bond donors (Lipinski definition) is 1. The van der Waals surface area contributed by atoms with Crippen LogP contribution in [0.25, 0.3) is 0 Å². The molecule has 0 radical (unpaired) electrons. The van der Waals surface area contributed by atoms with Gasteiger partial charge in [-0.05, 0) is 71.7 Å². The molecule has 1 N–H and O–H groups in total. The molecule has 2 aromatic rings. The van der Waals surface area contributed by atoms with Crippen molar-refractivity contribution in [1.82, 2.24) is 5.43 Å². The first-order chi connectivity index (χ1) is 13.6. The number of benzene rings is 2. The van der Waals surface area contributed by atoms with E-state index in [0.29, 0.717) is 40.5 Å². The molecule has 2 aromatic carbocycles. The van der Waals surface area contributed by atoms with Gasteiger partial charge in [0.25, 0.3) is 5.91 Å². The van der Waals surface area contributed by atoms with Crippen molar-refractivity contribution < 1.29 is 19.0 Å². The summed E-state index contributed by atoms with van der Waals surface area (Å²) in [5, 5.41) is 4.01. The topological polar surface area (TPSA) is 69.2 Å². The van der Waals surface area contributed by atoms with Crippen LogP contribution >= 0.6 is 15.9 Å². The zero-order valence-corrected chi connectivity index (χ0v) is 17.3. The highest BCUT2D eigenvalue weighted by molar-refractivity contribution is 9.10. The summed E-state index contributed by atoms with van der Waals surface area (Å²) in [5.41, 5.74) is 3.69. The Labute approximate surface area is 173 Å². The minimum Gasteiger partial charge on any atom is -0.494 e. The third-order valence-corrected chi connectivity index (χ3v) is 4.03. The Kier molecular flexibility index (Phi) is 8.37. The van der Waals surface area contributed by atoms with E-state index < -0.39 is 0 Å². The molecule has 0 spiro atoms. The largest absolute Gasteiger partial charge is 0.494 e. The van der Waals surface area contributed by atoms with Crippen molar-refractivity contribution in [2.75, 3.05) is 19.8 Å². The van der Waals surface area contributed by atoms with E-state index in [2.05, 4.69) is 32.4 Å². The number of carbonyl (C=O) groups is 1. The fourth-order valence-electron chi connectivity index (χ4n) is 2.28. The van der Waals surface area contributed by atoms with E-state index in [9.17, 15) is 4.79 Å². The normalized spacial score (nSPS) is 10.4. The van der Waals surface area contributed by atoms with Gasteiger partial charge in [-0.25, -0.2) is 5.43 Å². The number of hydrazone groups is 1. The number of halogens is 1. The summed E-state index contributed by atoms with van der Waals surface area (Å²) in [5.74, 6) is 3.87. The molecule has 28 heavy (non-hydrogen) atoms. The van der Waals surface area contributed by atoms with Crippen LogP contribution in [0.3, 0.4) is 0 Å². The number of nitrogens with zero attached hydrogens (tertiary/aromatic N) is 1. The summed E-state index contributed by atoms with van der Waals surface area (Å²) in [6, 6.07) is 10.4. The number of ether oxygens (including phenoxy) is 3. The fraction of sp³-hybridized carbons (Fsp3) is 0.238. The molecule has 0 unspecified atom stereocenters. The van der Waals surface area contributed by atoms with Crippen LogP contribution in [0.1, 0.15) is 29.8 Å². The molecule has 0 aliphatic carbocycles. The fourth-order valence-corrected chi connectivity index (χ4v) is 2.85. The quantitative estimate of drug-likeness (QED) is 0.360. The number of nitrogens with one attached hydrogen (secondary N) is 1. The van der Waals surface area contributed by atoms with Crippen LogP contribution in [0.15, 0.2) is 46.0 Å². The highest BCUT2D eigenvalue weighted by Crippen LogP contribution is 2.36. The lowest BCUT2D eigenvalue weighted by Gasteiger charge is -2.13. The molecule has 0 atom stereocenters. The first-order valence-corrected chi connectivity index (χ1v) is 9.47. The molecule has 0 heterocycles. The Balaban J connectivity index is 2.08. The Morgan fingerprint density at radius 2 is 1.89 bits per heavy atom. The molecule has 0 saturated heterocycles. The summed E-state index contributed by atoms with van der Waals surface area (Å²) >= 11 is 3.44. The first-order valence-electron chi connectivity index (χ1n) is 8.67. The first kappa shape index (κ1) is 21.3. The van der Waals surface area contributed by atoms with Crippen molar-refractivity contribution in [3.05, 3.63) is 52.0 Å². The van der Waals surface area contributed by atoms with Gasteiger partial charge in [-0.2, -0.15) is 5.10 Å². The average molecular weight is 445 g/mol. The zero-order chi connectivity index (χ0) is 20.4. The van der Waals surface area contributed by atoms with Crippen molar-refractivity contribution in [3.8, 4) is 29.6 Å². The summed E-state index contributed by atoms with van der Waals surface area (Å²) < 4.78 is 17.1. The van der Waals surface area contributed by atoms with Gasteiger partial charge in [-0.15, -0.1) is 6.42 Å². The Hall–Kier alpha value is -2.98. The predicted octanol–water partition coefficient (Wildman–Crippen LogP) is 4.02. The predicted molar refractivity (Wildman–Crippen MR) is 112 cm³/mol. The average Bonchev–Trinajstić information content (AvgIpc) is 2.68. The van der Waals surface area contributed by atoms with Crippen molar-refractivity contribution >= 4 is 28.1 Å². The van der Waals surface area contributed by atoms with E-state index in [4.69, 9.17) is 20.6 Å². The van der Waals surface area contributed by atoms with Gasteiger partial charge in [0.05, 0.1) is 23.9 Å². The molecule has 0 aliphatic rings. The highest BCUT2D eigenvalue weighted by Gasteiger charge is 2.11. The maximum Gasteiger partial charge on any atom is 0.271 e. The second-order valence-corrected chi connectivity index (χ2v) is 6.27. The maximum atomic E-state index is 12.2. The molecule has 1 amide bonds. The molecule has 6 nitrogen and oxygen atoms in total. The maximum absolute atomic E-state index is 12.2. The van der Waals surface area contributed by atoms with Crippen LogP contribution in [0.4, 0.5) is 0 Å². The summed E-state index contributed by atoms with van der Waals surface area (Å²) in [6.07, 6.45) is 6.76. The molecule has 2 rings (SSSR count). The minimum atomic E-state index is -0.322. The Bertz CT molecular complexity index is 873. The van der Waals surface area contributed by atoms with E-state index in [-0.39, 0.29) is 12.5 Å². The molecule has 146 valence electrons. The van der Waals surface area contributed by atoms with Gasteiger partial charge in [0, 0.05) is 5.56 Å². The van der Waals surface area contributed by atoms with Crippen LogP contribution in [0.2, 0.25) is 0 Å². The van der Waals surface area contributed by atoms with Crippen molar-refractivity contribution in [1.29, 1.82) is 0 Å². The standard InChI is InChI=1S/C21H21BrN2O4/c1-4-11-28-20-18(22)12-15(13-19(20)27-6-3)14-23-24-21(25)16-7-9-17(10-8-16)26-5-2/h1,7-10,12-14H,5-6,11H2,2-3H3,(H,24,25)/b23-14-. The van der Waals surface area contributed by atoms with Crippen LogP contribution in [0.5, 0.6) is 17.2 Å². The lowest BCUT2D eigenvalue weighted by molar-refractivity contribution is 0.0955. The van der Waals surface area contributed by atoms with E-state index in [0.717, 1.165) is 5.56 Å². The lowest BCUT2D eigenvalue weighted by Crippen LogP contribution is -2.17. The van der Waals surface area contributed by atoms with Gasteiger partial charge in [0.1, 0.15) is 12.4 Å².